The Bertz CT molecular complexity index is 1070. The Hall–Kier alpha value is -1.98. The van der Waals surface area contributed by atoms with Crippen LogP contribution in [0.25, 0.3) is 0 Å². The predicted octanol–water partition coefficient (Wildman–Crippen LogP) is 3.66. The van der Waals surface area contributed by atoms with E-state index < -0.39 is 15.9 Å². The van der Waals surface area contributed by atoms with E-state index in [-0.39, 0.29) is 26.6 Å². The van der Waals surface area contributed by atoms with Gasteiger partial charge in [0.1, 0.15) is 0 Å². The number of anilines is 1. The number of aromatic nitrogens is 2. The van der Waals surface area contributed by atoms with Crippen molar-refractivity contribution in [2.75, 3.05) is 17.6 Å². The maximum Gasteiger partial charge on any atom is 0.269 e. The van der Waals surface area contributed by atoms with Gasteiger partial charge in [-0.3, -0.25) is 10.1 Å². The zero-order valence-corrected chi connectivity index (χ0v) is 18.2. The molecule has 1 aromatic heterocycles. The molecule has 0 aliphatic carbocycles. The van der Waals surface area contributed by atoms with E-state index in [1.54, 1.807) is 36.0 Å². The Labute approximate surface area is 182 Å². The summed E-state index contributed by atoms with van der Waals surface area (Å²) in [6.07, 6.45) is 0. The van der Waals surface area contributed by atoms with E-state index >= 15 is 0 Å². The molecule has 152 valence electrons. The van der Waals surface area contributed by atoms with E-state index in [4.69, 9.17) is 11.6 Å². The second-order valence-electron chi connectivity index (χ2n) is 5.74. The first-order valence-electron chi connectivity index (χ1n) is 8.46. The minimum atomic E-state index is -3.79. The lowest BCUT2D eigenvalue weighted by Crippen LogP contribution is -2.26. The van der Waals surface area contributed by atoms with Crippen LogP contribution in [-0.4, -0.2) is 36.8 Å². The highest BCUT2D eigenvalue weighted by Gasteiger charge is 2.21. The van der Waals surface area contributed by atoms with Crippen LogP contribution in [0.5, 0.6) is 0 Å². The fourth-order valence-corrected chi connectivity index (χ4v) is 5.39. The molecule has 0 bridgehead atoms. The molecule has 0 radical (unpaired) electrons. The fraction of sp³-hybridized carbons (Fsp3) is 0.167. The molecular weight excluding hydrogens is 452 g/mol. The Morgan fingerprint density at radius 2 is 1.79 bits per heavy atom. The van der Waals surface area contributed by atoms with Gasteiger partial charge in [-0.2, -0.15) is 11.8 Å². The summed E-state index contributed by atoms with van der Waals surface area (Å²) in [4.78, 5) is 12.2. The molecule has 0 atom stereocenters. The van der Waals surface area contributed by atoms with Gasteiger partial charge >= 0.3 is 0 Å². The SMILES string of the molecule is O=C(Nc1nnc(S(=O)(=O)NCCSCc2ccccc2)s1)c1ccccc1Cl. The number of thioether (sulfide) groups is 1. The maximum absolute atomic E-state index is 12.3. The summed E-state index contributed by atoms with van der Waals surface area (Å²) < 4.78 is 27.0. The minimum Gasteiger partial charge on any atom is -0.296 e. The molecule has 3 rings (SSSR count). The highest BCUT2D eigenvalue weighted by atomic mass is 35.5. The molecular formula is C18H17ClN4O3S3. The lowest BCUT2D eigenvalue weighted by Gasteiger charge is -2.04. The highest BCUT2D eigenvalue weighted by Crippen LogP contribution is 2.22. The van der Waals surface area contributed by atoms with Gasteiger partial charge in [0.2, 0.25) is 9.47 Å². The number of halogens is 1. The third kappa shape index (κ3) is 6.25. The van der Waals surface area contributed by atoms with Crippen molar-refractivity contribution < 1.29 is 13.2 Å². The number of sulfonamides is 1. The average molecular weight is 469 g/mol. The average Bonchev–Trinajstić information content (AvgIpc) is 3.18. The summed E-state index contributed by atoms with van der Waals surface area (Å²) >= 11 is 8.38. The Morgan fingerprint density at radius 1 is 1.07 bits per heavy atom. The second kappa shape index (κ2) is 10.2. The zero-order valence-electron chi connectivity index (χ0n) is 15.0. The second-order valence-corrected chi connectivity index (χ2v) is 10.2. The van der Waals surface area contributed by atoms with Gasteiger partial charge in [-0.05, 0) is 17.7 Å². The first-order valence-corrected chi connectivity index (χ1v) is 12.3. The van der Waals surface area contributed by atoms with Crippen LogP contribution < -0.4 is 10.0 Å². The van der Waals surface area contributed by atoms with E-state index in [0.717, 1.165) is 17.1 Å². The smallest absolute Gasteiger partial charge is 0.269 e. The molecule has 1 amide bonds. The van der Waals surface area contributed by atoms with Crippen molar-refractivity contribution >= 4 is 55.8 Å². The monoisotopic (exact) mass is 468 g/mol. The number of nitrogens with one attached hydrogen (secondary N) is 2. The molecule has 0 spiro atoms. The molecule has 2 N–H and O–H groups in total. The summed E-state index contributed by atoms with van der Waals surface area (Å²) in [5.74, 6) is 0.934. The van der Waals surface area contributed by atoms with Crippen molar-refractivity contribution in [3.8, 4) is 0 Å². The summed E-state index contributed by atoms with van der Waals surface area (Å²) in [7, 11) is -3.79. The Balaban J connectivity index is 1.50. The van der Waals surface area contributed by atoms with Crippen LogP contribution >= 0.6 is 34.7 Å². The molecule has 0 aliphatic rings. The lowest BCUT2D eigenvalue weighted by atomic mass is 10.2. The van der Waals surface area contributed by atoms with Gasteiger partial charge < -0.3 is 0 Å². The van der Waals surface area contributed by atoms with Crippen molar-refractivity contribution in [1.82, 2.24) is 14.9 Å². The van der Waals surface area contributed by atoms with Crippen LogP contribution in [0.15, 0.2) is 58.9 Å². The van der Waals surface area contributed by atoms with Crippen molar-refractivity contribution in [2.45, 2.75) is 10.1 Å². The predicted molar refractivity (Wildman–Crippen MR) is 117 cm³/mol. The third-order valence-electron chi connectivity index (χ3n) is 3.63. The molecule has 0 unspecified atom stereocenters. The number of nitrogens with zero attached hydrogens (tertiary/aromatic N) is 2. The summed E-state index contributed by atoms with van der Waals surface area (Å²) in [5, 5.41) is 10.3. The van der Waals surface area contributed by atoms with E-state index in [9.17, 15) is 13.2 Å². The number of carbonyl (C=O) groups excluding carboxylic acids is 1. The van der Waals surface area contributed by atoms with Crippen LogP contribution in [0.4, 0.5) is 5.13 Å². The third-order valence-corrected chi connectivity index (χ3v) is 7.65. The standard InChI is InChI=1S/C18H17ClN4O3S3/c19-15-9-5-4-8-14(15)16(24)21-17-22-23-18(28-17)29(25,26)20-10-11-27-12-13-6-2-1-3-7-13/h1-9,20H,10-12H2,(H,21,22,24). The van der Waals surface area contributed by atoms with Gasteiger partial charge in [0.05, 0.1) is 10.6 Å². The number of rotatable bonds is 9. The number of amides is 1. The van der Waals surface area contributed by atoms with E-state index in [1.165, 1.54) is 5.56 Å². The van der Waals surface area contributed by atoms with Gasteiger partial charge in [0.25, 0.3) is 15.9 Å². The van der Waals surface area contributed by atoms with Crippen molar-refractivity contribution in [3.63, 3.8) is 0 Å². The molecule has 0 saturated heterocycles. The molecule has 11 heteroatoms. The van der Waals surface area contributed by atoms with Gasteiger partial charge in [-0.1, -0.05) is 65.4 Å². The number of hydrogen-bond donors (Lipinski definition) is 2. The fourth-order valence-electron chi connectivity index (χ4n) is 2.25. The van der Waals surface area contributed by atoms with Crippen LogP contribution in [0.3, 0.4) is 0 Å². The van der Waals surface area contributed by atoms with Crippen molar-refractivity contribution in [1.29, 1.82) is 0 Å². The Kier molecular flexibility index (Phi) is 7.62. The Morgan fingerprint density at radius 3 is 2.55 bits per heavy atom. The largest absolute Gasteiger partial charge is 0.296 e. The van der Waals surface area contributed by atoms with Gasteiger partial charge in [0.15, 0.2) is 0 Å². The molecule has 0 aliphatic heterocycles. The molecule has 29 heavy (non-hydrogen) atoms. The summed E-state index contributed by atoms with van der Waals surface area (Å²) in [5.41, 5.74) is 1.45. The number of hydrogen-bond acceptors (Lipinski definition) is 7. The molecule has 0 fully saturated rings. The van der Waals surface area contributed by atoms with Gasteiger partial charge in [-0.25, -0.2) is 13.1 Å². The number of benzene rings is 2. The van der Waals surface area contributed by atoms with Crippen LogP contribution in [-0.2, 0) is 15.8 Å². The first kappa shape index (κ1) is 21.7. The summed E-state index contributed by atoms with van der Waals surface area (Å²) in [6.45, 7) is 0.265. The van der Waals surface area contributed by atoms with E-state index in [2.05, 4.69) is 20.2 Å². The van der Waals surface area contributed by atoms with Gasteiger partial charge in [-0.15, -0.1) is 10.2 Å². The molecule has 1 heterocycles. The number of carbonyl (C=O) groups is 1. The maximum atomic E-state index is 12.3. The van der Waals surface area contributed by atoms with Gasteiger partial charge in [0, 0.05) is 18.1 Å². The zero-order chi connectivity index (χ0) is 20.7. The van der Waals surface area contributed by atoms with E-state index in [1.807, 2.05) is 30.3 Å². The summed E-state index contributed by atoms with van der Waals surface area (Å²) in [6, 6.07) is 16.5. The van der Waals surface area contributed by atoms with Crippen LogP contribution in [0.1, 0.15) is 15.9 Å². The molecule has 2 aromatic carbocycles. The molecule has 7 nitrogen and oxygen atoms in total. The normalized spacial score (nSPS) is 11.3. The van der Waals surface area contributed by atoms with Crippen molar-refractivity contribution in [3.05, 3.63) is 70.7 Å². The topological polar surface area (TPSA) is 101 Å². The van der Waals surface area contributed by atoms with Crippen LogP contribution in [0, 0.1) is 0 Å². The molecule has 3 aromatic rings. The van der Waals surface area contributed by atoms with E-state index in [0.29, 0.717) is 5.75 Å². The first-order chi connectivity index (χ1) is 14.0. The highest BCUT2D eigenvalue weighted by molar-refractivity contribution is 7.98. The minimum absolute atomic E-state index is 0.0775. The van der Waals surface area contributed by atoms with Crippen LogP contribution in [0.2, 0.25) is 5.02 Å². The lowest BCUT2D eigenvalue weighted by molar-refractivity contribution is 0.102. The molecule has 0 saturated carbocycles. The quantitative estimate of drug-likeness (QED) is 0.367. The van der Waals surface area contributed by atoms with Crippen molar-refractivity contribution in [2.24, 2.45) is 0 Å².